The van der Waals surface area contributed by atoms with Crippen molar-refractivity contribution in [3.05, 3.63) is 81.8 Å². The van der Waals surface area contributed by atoms with Crippen molar-refractivity contribution in [2.75, 3.05) is 20.8 Å². The standard InChI is InChI=1S/C26H25BrN2O6/c1-4-17-5-9-21(10-6-17)34-16-25(30)29-28-15-19-13-20(27)8-12-22(19)35-26(31)18-7-11-23(32-2)24(14-18)33-3/h5-15H,4,16H2,1-3H3,(H,29,30)/b28-15-. The first kappa shape index (κ1) is 25.8. The Morgan fingerprint density at radius 3 is 2.34 bits per heavy atom. The minimum Gasteiger partial charge on any atom is -0.493 e. The number of amides is 1. The molecule has 0 spiro atoms. The molecular formula is C26H25BrN2O6. The summed E-state index contributed by atoms with van der Waals surface area (Å²) in [6, 6.07) is 17.3. The third-order valence-corrected chi connectivity index (χ3v) is 5.38. The van der Waals surface area contributed by atoms with Gasteiger partial charge >= 0.3 is 5.97 Å². The number of carbonyl (C=O) groups excluding carboxylic acids is 2. The van der Waals surface area contributed by atoms with Gasteiger partial charge in [0.15, 0.2) is 18.1 Å². The summed E-state index contributed by atoms with van der Waals surface area (Å²) in [4.78, 5) is 24.8. The van der Waals surface area contributed by atoms with Crippen LogP contribution in [-0.4, -0.2) is 38.9 Å². The highest BCUT2D eigenvalue weighted by atomic mass is 79.9. The molecule has 0 aromatic heterocycles. The fourth-order valence-electron chi connectivity index (χ4n) is 3.01. The number of halogens is 1. The molecule has 0 bridgehead atoms. The van der Waals surface area contributed by atoms with Crippen LogP contribution in [0.15, 0.2) is 70.2 Å². The molecule has 0 radical (unpaired) electrons. The average Bonchev–Trinajstić information content (AvgIpc) is 2.88. The Hall–Kier alpha value is -3.85. The van der Waals surface area contributed by atoms with E-state index in [1.54, 1.807) is 30.3 Å². The number of hydrogen-bond donors (Lipinski definition) is 1. The number of esters is 1. The molecule has 0 aliphatic rings. The van der Waals surface area contributed by atoms with Crippen molar-refractivity contribution < 1.29 is 28.5 Å². The lowest BCUT2D eigenvalue weighted by atomic mass is 10.2. The molecule has 0 fully saturated rings. The van der Waals surface area contributed by atoms with Crippen LogP contribution in [0.3, 0.4) is 0 Å². The van der Waals surface area contributed by atoms with Crippen molar-refractivity contribution in [1.82, 2.24) is 5.43 Å². The first-order valence-electron chi connectivity index (χ1n) is 10.7. The fraction of sp³-hybridized carbons (Fsp3) is 0.192. The van der Waals surface area contributed by atoms with Gasteiger partial charge in [-0.05, 0) is 60.5 Å². The van der Waals surface area contributed by atoms with Gasteiger partial charge in [-0.25, -0.2) is 10.2 Å². The Bertz CT molecular complexity index is 1210. The average molecular weight is 541 g/mol. The Balaban J connectivity index is 1.63. The molecule has 0 saturated heterocycles. The summed E-state index contributed by atoms with van der Waals surface area (Å²) in [5.41, 5.74) is 4.35. The van der Waals surface area contributed by atoms with Crippen LogP contribution in [0, 0.1) is 0 Å². The minimum absolute atomic E-state index is 0.192. The van der Waals surface area contributed by atoms with Gasteiger partial charge in [0.1, 0.15) is 11.5 Å². The minimum atomic E-state index is -0.588. The highest BCUT2D eigenvalue weighted by Crippen LogP contribution is 2.29. The van der Waals surface area contributed by atoms with Crippen LogP contribution in [0.4, 0.5) is 0 Å². The van der Waals surface area contributed by atoms with Crippen molar-refractivity contribution in [3.63, 3.8) is 0 Å². The summed E-state index contributed by atoms with van der Waals surface area (Å²) in [6.07, 6.45) is 2.31. The molecule has 0 aliphatic heterocycles. The second kappa shape index (κ2) is 12.6. The van der Waals surface area contributed by atoms with Crippen LogP contribution < -0.4 is 24.4 Å². The molecule has 0 atom stereocenters. The van der Waals surface area contributed by atoms with Gasteiger partial charge < -0.3 is 18.9 Å². The smallest absolute Gasteiger partial charge is 0.343 e. The molecule has 3 aromatic carbocycles. The maximum atomic E-state index is 12.7. The van der Waals surface area contributed by atoms with Gasteiger partial charge in [0.2, 0.25) is 0 Å². The molecule has 8 nitrogen and oxygen atoms in total. The molecule has 3 aromatic rings. The summed E-state index contributed by atoms with van der Waals surface area (Å²) in [7, 11) is 3.00. The van der Waals surface area contributed by atoms with E-state index >= 15 is 0 Å². The number of hydrogen-bond acceptors (Lipinski definition) is 7. The van der Waals surface area contributed by atoms with Crippen LogP contribution in [0.25, 0.3) is 0 Å². The van der Waals surface area contributed by atoms with E-state index in [1.807, 2.05) is 24.3 Å². The first-order valence-corrected chi connectivity index (χ1v) is 11.5. The van der Waals surface area contributed by atoms with Gasteiger partial charge in [-0.3, -0.25) is 4.79 Å². The quantitative estimate of drug-likeness (QED) is 0.172. The molecule has 1 N–H and O–H groups in total. The van der Waals surface area contributed by atoms with E-state index in [0.29, 0.717) is 22.8 Å². The number of nitrogens with one attached hydrogen (secondary N) is 1. The number of ether oxygens (including phenoxy) is 4. The number of methoxy groups -OCH3 is 2. The molecule has 3 rings (SSSR count). The zero-order valence-corrected chi connectivity index (χ0v) is 21.1. The Kier molecular flexibility index (Phi) is 9.25. The van der Waals surface area contributed by atoms with Gasteiger partial charge in [-0.15, -0.1) is 0 Å². The lowest BCUT2D eigenvalue weighted by molar-refractivity contribution is -0.123. The molecule has 1 amide bonds. The Morgan fingerprint density at radius 1 is 0.943 bits per heavy atom. The largest absolute Gasteiger partial charge is 0.493 e. The topological polar surface area (TPSA) is 95.5 Å². The molecule has 9 heteroatoms. The summed E-state index contributed by atoms with van der Waals surface area (Å²) in [5.74, 6) is 0.744. The summed E-state index contributed by atoms with van der Waals surface area (Å²) in [5, 5.41) is 3.96. The summed E-state index contributed by atoms with van der Waals surface area (Å²) < 4.78 is 22.2. The molecule has 35 heavy (non-hydrogen) atoms. The van der Waals surface area contributed by atoms with E-state index in [2.05, 4.69) is 33.4 Å². The normalized spacial score (nSPS) is 10.6. The van der Waals surface area contributed by atoms with E-state index < -0.39 is 11.9 Å². The number of benzene rings is 3. The number of aryl methyl sites for hydroxylation is 1. The van der Waals surface area contributed by atoms with E-state index in [0.717, 1.165) is 10.9 Å². The van der Waals surface area contributed by atoms with Gasteiger partial charge in [-0.1, -0.05) is 35.0 Å². The van der Waals surface area contributed by atoms with Crippen molar-refractivity contribution in [3.8, 4) is 23.0 Å². The van der Waals surface area contributed by atoms with Gasteiger partial charge in [0, 0.05) is 10.0 Å². The molecule has 0 unspecified atom stereocenters. The van der Waals surface area contributed by atoms with E-state index in [-0.39, 0.29) is 17.9 Å². The molecule has 0 saturated carbocycles. The van der Waals surface area contributed by atoms with Crippen LogP contribution >= 0.6 is 15.9 Å². The number of rotatable bonds is 10. The lowest BCUT2D eigenvalue weighted by Gasteiger charge is -2.11. The third-order valence-electron chi connectivity index (χ3n) is 4.89. The zero-order valence-electron chi connectivity index (χ0n) is 19.5. The maximum Gasteiger partial charge on any atom is 0.343 e. The van der Waals surface area contributed by atoms with Gasteiger partial charge in [-0.2, -0.15) is 5.10 Å². The monoisotopic (exact) mass is 540 g/mol. The van der Waals surface area contributed by atoms with Gasteiger partial charge in [0.25, 0.3) is 5.91 Å². The molecule has 0 aliphatic carbocycles. The number of carbonyl (C=O) groups is 2. The highest BCUT2D eigenvalue weighted by Gasteiger charge is 2.15. The van der Waals surface area contributed by atoms with Crippen molar-refractivity contribution in [2.45, 2.75) is 13.3 Å². The van der Waals surface area contributed by atoms with Crippen molar-refractivity contribution in [2.24, 2.45) is 5.10 Å². The predicted molar refractivity (Wildman–Crippen MR) is 136 cm³/mol. The Labute approximate surface area is 212 Å². The van der Waals surface area contributed by atoms with E-state index in [9.17, 15) is 9.59 Å². The predicted octanol–water partition coefficient (Wildman–Crippen LogP) is 4.78. The molecular weight excluding hydrogens is 516 g/mol. The SMILES string of the molecule is CCc1ccc(OCC(=O)N/N=C\c2cc(Br)ccc2OC(=O)c2ccc(OC)c(OC)c2)cc1. The van der Waals surface area contributed by atoms with Crippen molar-refractivity contribution in [1.29, 1.82) is 0 Å². The lowest BCUT2D eigenvalue weighted by Crippen LogP contribution is -2.24. The Morgan fingerprint density at radius 2 is 1.66 bits per heavy atom. The fourth-order valence-corrected chi connectivity index (χ4v) is 3.39. The van der Waals surface area contributed by atoms with Crippen molar-refractivity contribution >= 4 is 34.0 Å². The maximum absolute atomic E-state index is 12.7. The van der Waals surface area contributed by atoms with Crippen LogP contribution in [0.5, 0.6) is 23.0 Å². The zero-order chi connectivity index (χ0) is 25.2. The molecule has 182 valence electrons. The number of nitrogens with zero attached hydrogens (tertiary/aromatic N) is 1. The second-order valence-corrected chi connectivity index (χ2v) is 8.14. The third kappa shape index (κ3) is 7.31. The highest BCUT2D eigenvalue weighted by molar-refractivity contribution is 9.10. The van der Waals surface area contributed by atoms with E-state index in [4.69, 9.17) is 18.9 Å². The van der Waals surface area contributed by atoms with Crippen LogP contribution in [-0.2, 0) is 11.2 Å². The second-order valence-electron chi connectivity index (χ2n) is 7.22. The number of hydrazone groups is 1. The summed E-state index contributed by atoms with van der Waals surface area (Å²) in [6.45, 7) is 1.87. The van der Waals surface area contributed by atoms with Gasteiger partial charge in [0.05, 0.1) is 26.0 Å². The first-order chi connectivity index (χ1) is 16.9. The molecule has 0 heterocycles. The van der Waals surface area contributed by atoms with E-state index in [1.165, 1.54) is 32.1 Å². The summed E-state index contributed by atoms with van der Waals surface area (Å²) >= 11 is 3.38. The van der Waals surface area contributed by atoms with Crippen LogP contribution in [0.1, 0.15) is 28.4 Å². The van der Waals surface area contributed by atoms with Crippen LogP contribution in [0.2, 0.25) is 0 Å².